The molecule has 1 amide bonds. The highest BCUT2D eigenvalue weighted by Crippen LogP contribution is 2.41. The normalized spacial score (nSPS) is 16.9. The van der Waals surface area contributed by atoms with E-state index < -0.39 is 9.84 Å². The number of nitrogens with two attached hydrogens (primary N) is 1. The number of aromatic amines is 1. The van der Waals surface area contributed by atoms with Crippen molar-refractivity contribution in [1.29, 1.82) is 0 Å². The zero-order valence-corrected chi connectivity index (χ0v) is 19.5. The lowest BCUT2D eigenvalue weighted by atomic mass is 10.0. The minimum Gasteiger partial charge on any atom is -0.381 e. The summed E-state index contributed by atoms with van der Waals surface area (Å²) in [7, 11) is -3.66. The summed E-state index contributed by atoms with van der Waals surface area (Å²) in [5.74, 6) is 0.513. The highest BCUT2D eigenvalue weighted by Gasteiger charge is 2.41. The van der Waals surface area contributed by atoms with E-state index in [0.717, 1.165) is 24.7 Å². The van der Waals surface area contributed by atoms with E-state index in [2.05, 4.69) is 20.2 Å². The largest absolute Gasteiger partial charge is 0.381 e. The highest BCUT2D eigenvalue weighted by atomic mass is 32.2. The first kappa shape index (κ1) is 20.8. The summed E-state index contributed by atoms with van der Waals surface area (Å²) in [5, 5.41) is 6.72. The average molecular weight is 478 g/mol. The molecule has 0 bridgehead atoms. The molecule has 1 fully saturated rings. The Labute approximate surface area is 195 Å². The minimum atomic E-state index is -3.66. The van der Waals surface area contributed by atoms with Crippen molar-refractivity contribution >= 4 is 27.2 Å². The maximum absolute atomic E-state index is 13.3. The average Bonchev–Trinajstić information content (AvgIpc) is 3.18. The molecule has 2 aliphatic rings. The number of hydrogen-bond acceptors (Lipinski definition) is 7. The first-order valence-corrected chi connectivity index (χ1v) is 12.9. The van der Waals surface area contributed by atoms with E-state index in [4.69, 9.17) is 5.73 Å². The predicted molar refractivity (Wildman–Crippen MR) is 126 cm³/mol. The second-order valence-corrected chi connectivity index (χ2v) is 11.1. The second kappa shape index (κ2) is 7.13. The Bertz CT molecular complexity index is 1570. The van der Waals surface area contributed by atoms with E-state index in [-0.39, 0.29) is 28.2 Å². The van der Waals surface area contributed by atoms with Gasteiger partial charge in [-0.3, -0.25) is 14.3 Å². The maximum atomic E-state index is 13.3. The summed E-state index contributed by atoms with van der Waals surface area (Å²) in [6.45, 7) is 2.43. The topological polar surface area (TPSA) is 139 Å². The van der Waals surface area contributed by atoms with Gasteiger partial charge < -0.3 is 10.6 Å². The van der Waals surface area contributed by atoms with Gasteiger partial charge in [0.1, 0.15) is 0 Å². The Morgan fingerprint density at radius 1 is 1.21 bits per heavy atom. The van der Waals surface area contributed by atoms with Crippen LogP contribution in [0.15, 0.2) is 41.8 Å². The lowest BCUT2D eigenvalue weighted by Gasteiger charge is -2.24. The Kier molecular flexibility index (Phi) is 4.37. The summed E-state index contributed by atoms with van der Waals surface area (Å²) in [6, 6.07) is 3.53. The number of carbonyl (C=O) groups is 1. The van der Waals surface area contributed by atoms with Crippen molar-refractivity contribution in [3.05, 3.63) is 48.0 Å². The molecule has 1 unspecified atom stereocenters. The molecule has 1 atom stereocenters. The van der Waals surface area contributed by atoms with Crippen LogP contribution in [0, 0.1) is 5.92 Å². The molecule has 4 aromatic rings. The smallest absolute Gasteiger partial charge is 0.256 e. The SMILES string of the molecule is CC(C1CC1)N1Cc2cc(-c3cnc4c(N)nc(-c5cn[nH]c5)cn34)cc(S(C)(=O)=O)c2C1=O. The van der Waals surface area contributed by atoms with Crippen LogP contribution in [-0.4, -0.2) is 56.1 Å². The number of amides is 1. The summed E-state index contributed by atoms with van der Waals surface area (Å²) in [4.78, 5) is 24.0. The number of anilines is 1. The molecule has 11 heteroatoms. The number of benzene rings is 1. The predicted octanol–water partition coefficient (Wildman–Crippen LogP) is 2.53. The second-order valence-electron chi connectivity index (χ2n) is 9.13. The fourth-order valence-corrected chi connectivity index (χ4v) is 5.73. The molecule has 3 N–H and O–H groups in total. The molecule has 0 saturated heterocycles. The third-order valence-corrected chi connectivity index (χ3v) is 7.92. The van der Waals surface area contributed by atoms with E-state index in [1.165, 1.54) is 0 Å². The summed E-state index contributed by atoms with van der Waals surface area (Å²) >= 11 is 0. The van der Waals surface area contributed by atoms with Crippen LogP contribution in [0.1, 0.15) is 35.7 Å². The third kappa shape index (κ3) is 3.18. The maximum Gasteiger partial charge on any atom is 0.256 e. The Hall–Kier alpha value is -3.73. The van der Waals surface area contributed by atoms with Crippen LogP contribution in [-0.2, 0) is 16.4 Å². The molecule has 3 aromatic heterocycles. The molecule has 1 saturated carbocycles. The number of rotatable bonds is 5. The number of carbonyl (C=O) groups excluding carboxylic acids is 1. The van der Waals surface area contributed by atoms with E-state index in [9.17, 15) is 13.2 Å². The van der Waals surface area contributed by atoms with Gasteiger partial charge in [-0.25, -0.2) is 18.4 Å². The zero-order chi connectivity index (χ0) is 23.8. The van der Waals surface area contributed by atoms with Crippen LogP contribution < -0.4 is 5.73 Å². The van der Waals surface area contributed by atoms with Gasteiger partial charge in [0, 0.05) is 42.4 Å². The molecule has 0 spiro atoms. The van der Waals surface area contributed by atoms with Crippen LogP contribution >= 0.6 is 0 Å². The van der Waals surface area contributed by atoms with Crippen molar-refractivity contribution in [2.75, 3.05) is 12.0 Å². The molecule has 6 rings (SSSR count). The van der Waals surface area contributed by atoms with Gasteiger partial charge in [-0.05, 0) is 43.4 Å². The van der Waals surface area contributed by atoms with Gasteiger partial charge in [0.05, 0.1) is 34.2 Å². The van der Waals surface area contributed by atoms with Crippen LogP contribution in [0.2, 0.25) is 0 Å². The van der Waals surface area contributed by atoms with Crippen molar-refractivity contribution in [2.45, 2.75) is 37.2 Å². The van der Waals surface area contributed by atoms with Crippen molar-refractivity contribution in [3.63, 3.8) is 0 Å². The van der Waals surface area contributed by atoms with E-state index in [0.29, 0.717) is 40.6 Å². The summed E-state index contributed by atoms with van der Waals surface area (Å²) in [6.07, 6.45) is 10.1. The van der Waals surface area contributed by atoms with Crippen LogP contribution in [0.4, 0.5) is 5.82 Å². The van der Waals surface area contributed by atoms with E-state index in [1.807, 2.05) is 13.0 Å². The molecule has 1 aliphatic carbocycles. The van der Waals surface area contributed by atoms with Crippen molar-refractivity contribution in [3.8, 4) is 22.5 Å². The molecule has 174 valence electrons. The molecule has 1 aliphatic heterocycles. The van der Waals surface area contributed by atoms with Gasteiger partial charge in [-0.1, -0.05) is 0 Å². The highest BCUT2D eigenvalue weighted by molar-refractivity contribution is 7.90. The molecule has 10 nitrogen and oxygen atoms in total. The Morgan fingerprint density at radius 2 is 2.00 bits per heavy atom. The van der Waals surface area contributed by atoms with Gasteiger partial charge >= 0.3 is 0 Å². The number of hydrogen-bond donors (Lipinski definition) is 2. The van der Waals surface area contributed by atoms with E-state index >= 15 is 0 Å². The fraction of sp³-hybridized carbons (Fsp3) is 0.304. The number of aromatic nitrogens is 5. The lowest BCUT2D eigenvalue weighted by molar-refractivity contribution is 0.0694. The van der Waals surface area contributed by atoms with Crippen LogP contribution in [0.3, 0.4) is 0 Å². The fourth-order valence-electron chi connectivity index (χ4n) is 4.80. The summed E-state index contributed by atoms with van der Waals surface area (Å²) < 4.78 is 27.3. The minimum absolute atomic E-state index is 0.0440. The van der Waals surface area contributed by atoms with Crippen LogP contribution in [0.5, 0.6) is 0 Å². The Balaban J connectivity index is 1.53. The monoisotopic (exact) mass is 477 g/mol. The molecular weight excluding hydrogens is 454 g/mol. The van der Waals surface area contributed by atoms with Gasteiger partial charge in [0.15, 0.2) is 21.3 Å². The summed E-state index contributed by atoms with van der Waals surface area (Å²) in [5.41, 5.74) is 10.3. The van der Waals surface area contributed by atoms with Crippen molar-refractivity contribution in [2.24, 2.45) is 5.92 Å². The standard InChI is InChI=1S/C23H23N7O3S/c1-12(13-3-4-13)29-10-15-5-14(6-19(34(2,32)33)20(15)23(29)31)18-9-25-22-21(24)28-17(11-30(18)22)16-7-26-27-8-16/h5-9,11-13H,3-4,10H2,1-2H3,(H2,24,28)(H,26,27). The third-order valence-electron chi connectivity index (χ3n) is 6.80. The molecular formula is C23H23N7O3S. The first-order valence-electron chi connectivity index (χ1n) is 11.0. The molecule has 0 radical (unpaired) electrons. The van der Waals surface area contributed by atoms with E-state index in [1.54, 1.807) is 40.2 Å². The lowest BCUT2D eigenvalue weighted by Crippen LogP contribution is -2.35. The molecule has 34 heavy (non-hydrogen) atoms. The zero-order valence-electron chi connectivity index (χ0n) is 18.7. The number of H-pyrrole nitrogens is 1. The number of fused-ring (bicyclic) bond motifs is 2. The number of nitrogen functional groups attached to an aromatic ring is 1. The number of sulfone groups is 1. The van der Waals surface area contributed by atoms with Gasteiger partial charge in [-0.2, -0.15) is 5.10 Å². The molecule has 1 aromatic carbocycles. The van der Waals surface area contributed by atoms with Crippen molar-refractivity contribution in [1.82, 2.24) is 29.5 Å². The van der Waals surface area contributed by atoms with Crippen LogP contribution in [0.25, 0.3) is 28.2 Å². The Morgan fingerprint density at radius 3 is 2.68 bits per heavy atom. The quantitative estimate of drug-likeness (QED) is 0.450. The van der Waals surface area contributed by atoms with Gasteiger partial charge in [-0.15, -0.1) is 0 Å². The van der Waals surface area contributed by atoms with Crippen molar-refractivity contribution < 1.29 is 13.2 Å². The first-order chi connectivity index (χ1) is 16.2. The molecule has 4 heterocycles. The van der Waals surface area contributed by atoms with Gasteiger partial charge in [0.2, 0.25) is 0 Å². The number of nitrogens with one attached hydrogen (secondary N) is 1. The number of nitrogens with zero attached hydrogens (tertiary/aromatic N) is 5. The number of imidazole rings is 1. The van der Waals surface area contributed by atoms with Gasteiger partial charge in [0.25, 0.3) is 5.91 Å².